The van der Waals surface area contributed by atoms with E-state index < -0.39 is 0 Å². The predicted octanol–water partition coefficient (Wildman–Crippen LogP) is 32.6. The van der Waals surface area contributed by atoms with Gasteiger partial charge in [-0.05, 0) is 196 Å². The Bertz CT molecular complexity index is 7800. The normalized spacial score (nSPS) is 12.3. The van der Waals surface area contributed by atoms with Crippen LogP contribution in [0.5, 0.6) is 0 Å². The van der Waals surface area contributed by atoms with Crippen molar-refractivity contribution in [1.29, 1.82) is 0 Å². The van der Waals surface area contributed by atoms with Crippen molar-refractivity contribution in [3.8, 4) is 77.9 Å². The van der Waals surface area contributed by atoms with Crippen LogP contribution in [0.15, 0.2) is 340 Å². The Hall–Kier alpha value is -12.6. The first-order valence-corrected chi connectivity index (χ1v) is 40.7. The van der Waals surface area contributed by atoms with Crippen LogP contribution in [0.4, 0.5) is 0 Å². The summed E-state index contributed by atoms with van der Waals surface area (Å²) >= 11 is 7.66. The van der Waals surface area contributed by atoms with Crippen LogP contribution in [-0.2, 0) is 0 Å². The maximum atomic E-state index is 4.36. The zero-order valence-electron chi connectivity index (χ0n) is 59.2. The van der Waals surface area contributed by atoms with Gasteiger partial charge in [-0.3, -0.25) is 0 Å². The van der Waals surface area contributed by atoms with Crippen LogP contribution in [0.3, 0.4) is 0 Å². The molecule has 0 atom stereocenters. The molecule has 4 aromatic heterocycles. The predicted molar refractivity (Wildman–Crippen MR) is 483 cm³/mol. The molecule has 0 radical (unpaired) electrons. The number of benzene rings is 19. The summed E-state index contributed by atoms with van der Waals surface area (Å²) in [6, 6.07) is 124. The Morgan fingerprint density at radius 2 is 0.661 bits per heavy atom. The zero-order valence-corrected chi connectivity index (χ0v) is 62.5. The van der Waals surface area contributed by atoms with Crippen molar-refractivity contribution in [3.05, 3.63) is 351 Å². The summed E-state index contributed by atoms with van der Waals surface area (Å²) in [5.74, 6) is 0. The van der Waals surface area contributed by atoms with Gasteiger partial charge in [-0.15, -0.1) is 45.3 Å². The van der Waals surface area contributed by atoms with Gasteiger partial charge < -0.3 is 0 Å². The van der Waals surface area contributed by atoms with Crippen molar-refractivity contribution in [3.63, 3.8) is 0 Å². The molecule has 0 spiro atoms. The van der Waals surface area contributed by atoms with Gasteiger partial charge in [-0.2, -0.15) is 0 Å². The summed E-state index contributed by atoms with van der Waals surface area (Å²) in [5, 5.41) is 29.2. The molecule has 0 unspecified atom stereocenters. The van der Waals surface area contributed by atoms with Crippen LogP contribution in [0.1, 0.15) is 17.4 Å². The third kappa shape index (κ3) is 9.46. The Morgan fingerprint density at radius 3 is 1.20 bits per heavy atom. The minimum absolute atomic E-state index is 1.19. The van der Waals surface area contributed by atoms with Crippen molar-refractivity contribution >= 4 is 214 Å². The molecule has 0 amide bonds. The lowest BCUT2D eigenvalue weighted by Crippen LogP contribution is -1.91. The third-order valence-corrected chi connectivity index (χ3v) is 28.1. The molecule has 109 heavy (non-hydrogen) atoms. The highest BCUT2D eigenvalue weighted by atomic mass is 32.1. The van der Waals surface area contributed by atoms with Crippen molar-refractivity contribution < 1.29 is 0 Å². The minimum atomic E-state index is 1.19. The maximum absolute atomic E-state index is 4.36. The number of rotatable bonds is 9. The first-order chi connectivity index (χ1) is 54.0. The monoisotopic (exact) mass is 1450 g/mol. The summed E-state index contributed by atoms with van der Waals surface area (Å²) in [5.41, 5.74) is 18.7. The van der Waals surface area contributed by atoms with E-state index in [0.717, 1.165) is 0 Å². The molecule has 0 aliphatic rings. The molecule has 0 saturated carbocycles. The van der Waals surface area contributed by atoms with E-state index in [0.29, 0.717) is 0 Å². The number of hydrogen-bond donors (Lipinski definition) is 0. The second kappa shape index (κ2) is 24.4. The van der Waals surface area contributed by atoms with Crippen LogP contribution < -0.4 is 0 Å². The molecular formula is C105H62S4. The van der Waals surface area contributed by atoms with Crippen LogP contribution in [0, 0.1) is 0 Å². The smallest absolute Gasteiger partial charge is 0.0448 e. The van der Waals surface area contributed by atoms with Gasteiger partial charge in [0.05, 0.1) is 0 Å². The van der Waals surface area contributed by atoms with E-state index in [9.17, 15) is 0 Å². The van der Waals surface area contributed by atoms with E-state index in [1.807, 2.05) is 51.4 Å². The fourth-order valence-electron chi connectivity index (χ4n) is 18.5. The molecule has 0 saturated heterocycles. The summed E-state index contributed by atoms with van der Waals surface area (Å²) in [7, 11) is 0. The van der Waals surface area contributed by atoms with Crippen molar-refractivity contribution in [2.24, 2.45) is 0 Å². The Kier molecular flexibility index (Phi) is 14.0. The quantitative estimate of drug-likeness (QED) is 0.126. The topological polar surface area (TPSA) is 0 Å². The molecule has 0 nitrogen and oxygen atoms in total. The van der Waals surface area contributed by atoms with Crippen molar-refractivity contribution in [2.45, 2.75) is 6.92 Å². The van der Waals surface area contributed by atoms with E-state index in [1.54, 1.807) is 0 Å². The zero-order chi connectivity index (χ0) is 71.7. The van der Waals surface area contributed by atoms with Crippen LogP contribution in [0.25, 0.3) is 247 Å². The summed E-state index contributed by atoms with van der Waals surface area (Å²) < 4.78 is 9.14. The molecule has 506 valence electrons. The first-order valence-electron chi connectivity index (χ1n) is 37.4. The van der Waals surface area contributed by atoms with Gasteiger partial charge in [0.25, 0.3) is 0 Å². The molecule has 0 N–H and O–H groups in total. The summed E-state index contributed by atoms with van der Waals surface area (Å²) in [6.07, 6.45) is 6.51. The SMILES string of the molecule is C=Cc1sc2cc(-c3ccc(-c4c5ccccc5c(-c5cccc6ccccc56)c5ccccc45)cc3)c3sc4c5ccc(-c6ccc7c(c6)sc6c(-c8ccc(-c9c%10ccccc%10c(-c%10cccc%11ccccc%10%11)c%10ccccc9%10)cc8)c8sc9cc%10ccccc%10cc9c8cc67)cc5ccc4c3c2c1/C=C\C. The lowest BCUT2D eigenvalue weighted by Gasteiger charge is -2.19. The Labute approximate surface area is 644 Å². The molecule has 23 aromatic rings. The molecule has 23 rings (SSSR count). The van der Waals surface area contributed by atoms with Crippen LogP contribution >= 0.6 is 45.3 Å². The average molecular weight is 1450 g/mol. The van der Waals surface area contributed by atoms with Crippen molar-refractivity contribution in [2.75, 3.05) is 0 Å². The van der Waals surface area contributed by atoms with Gasteiger partial charge in [0.1, 0.15) is 0 Å². The molecular weight excluding hydrogens is 1390 g/mol. The summed E-state index contributed by atoms with van der Waals surface area (Å²) in [4.78, 5) is 1.19. The highest BCUT2D eigenvalue weighted by Crippen LogP contribution is 2.55. The molecule has 0 fully saturated rings. The second-order valence-electron chi connectivity index (χ2n) is 29.1. The van der Waals surface area contributed by atoms with Gasteiger partial charge in [-0.1, -0.05) is 316 Å². The van der Waals surface area contributed by atoms with Gasteiger partial charge in [0.15, 0.2) is 0 Å². The largest absolute Gasteiger partial charge is 0.135 e. The minimum Gasteiger partial charge on any atom is -0.135 e. The Morgan fingerprint density at radius 1 is 0.229 bits per heavy atom. The van der Waals surface area contributed by atoms with E-state index in [2.05, 4.69) is 353 Å². The highest BCUT2D eigenvalue weighted by Gasteiger charge is 2.26. The number of allylic oxidation sites excluding steroid dienone is 1. The van der Waals surface area contributed by atoms with Gasteiger partial charge in [0, 0.05) is 92.2 Å². The second-order valence-corrected chi connectivity index (χ2v) is 33.3. The Balaban J connectivity index is 0.652. The lowest BCUT2D eigenvalue weighted by molar-refractivity contribution is 1.65. The first kappa shape index (κ1) is 62.5. The molecule has 4 heteroatoms. The van der Waals surface area contributed by atoms with Gasteiger partial charge in [0.2, 0.25) is 0 Å². The fourth-order valence-corrected chi connectivity index (χ4v) is 23.6. The average Bonchev–Trinajstić information content (AvgIpc) is 1.62. The standard InChI is InChI=1S/C105H62S4/c1-3-21-85-91(4-2)106-94-59-87(62-40-42-63(43-41-62)95-77-30-11-15-34-81(77)98(82-35-16-12-31-78(82)95)75-38-19-26-60-22-7-9-28-71(60)75)103-101(100(85)94)86-53-50-70-54-68(48-51-73(70)102(86)109-103)69-49-52-74-89-58-90-88-55-66-24-5-6-25-67(66)56-93(88)108-105(90)97(104(89)107-92(74)57-69)65-46-44-64(45-47-65)96-79-32-13-17-36-83(79)99(84-37-18-14-33-80(84)96)76-39-20-27-61-23-8-10-29-72(61)76/h3-59H,2H2,1H3/b21-3-. The highest BCUT2D eigenvalue weighted by molar-refractivity contribution is 7.29. The van der Waals surface area contributed by atoms with Crippen molar-refractivity contribution in [1.82, 2.24) is 0 Å². The number of thiophene rings is 4. The lowest BCUT2D eigenvalue weighted by atomic mass is 9.84. The molecule has 4 heterocycles. The number of fused-ring (bicyclic) bond motifs is 20. The number of hydrogen-bond acceptors (Lipinski definition) is 4. The van der Waals surface area contributed by atoms with Gasteiger partial charge >= 0.3 is 0 Å². The van der Waals surface area contributed by atoms with Crippen LogP contribution in [-0.4, -0.2) is 0 Å². The molecule has 0 bridgehead atoms. The maximum Gasteiger partial charge on any atom is 0.0448 e. The van der Waals surface area contributed by atoms with Crippen LogP contribution in [0.2, 0.25) is 0 Å². The molecule has 0 aliphatic heterocycles. The van der Waals surface area contributed by atoms with Gasteiger partial charge in [-0.25, -0.2) is 0 Å². The molecule has 0 aliphatic carbocycles. The summed E-state index contributed by atoms with van der Waals surface area (Å²) in [6.45, 7) is 6.49. The van der Waals surface area contributed by atoms with E-state index in [1.165, 1.54) is 245 Å². The third-order valence-electron chi connectivity index (χ3n) is 23.3. The van der Waals surface area contributed by atoms with E-state index in [4.69, 9.17) is 0 Å². The van der Waals surface area contributed by atoms with E-state index >= 15 is 0 Å². The fraction of sp³-hybridized carbons (Fsp3) is 0.00952. The molecule has 19 aromatic carbocycles. The van der Waals surface area contributed by atoms with E-state index in [-0.39, 0.29) is 0 Å².